The molecule has 3 aliphatic heterocycles. The van der Waals surface area contributed by atoms with E-state index in [9.17, 15) is 40.3 Å². The van der Waals surface area contributed by atoms with Crippen molar-refractivity contribution >= 4 is 67.1 Å². The van der Waals surface area contributed by atoms with Crippen molar-refractivity contribution in [3.05, 3.63) is 118 Å². The maximum absolute atomic E-state index is 12.8. The molecule has 2 unspecified atom stereocenters. The van der Waals surface area contributed by atoms with Crippen molar-refractivity contribution in [2.75, 3.05) is 45.4 Å². The molecule has 0 aromatic heterocycles. The number of hydrogen-bond donors (Lipinski definition) is 3. The summed E-state index contributed by atoms with van der Waals surface area (Å²) in [5.74, 6) is -0.937. The van der Waals surface area contributed by atoms with Gasteiger partial charge in [-0.05, 0) is 156 Å². The monoisotopic (exact) mass is 1140 g/mol. The van der Waals surface area contributed by atoms with Gasteiger partial charge in [0.2, 0.25) is 5.69 Å². The van der Waals surface area contributed by atoms with E-state index in [1.54, 1.807) is 21.1 Å². The van der Waals surface area contributed by atoms with Crippen molar-refractivity contribution < 1.29 is 78.6 Å². The third-order valence-electron chi connectivity index (χ3n) is 15.0. The highest BCUT2D eigenvalue weighted by molar-refractivity contribution is 7.94. The third-order valence-corrected chi connectivity index (χ3v) is 17.2. The standard InChI is InChI=1S/C56H69N3O16S3/c1-8-9-29-57-47(55(4,27-31-70-6)45-35-42(76-75-74-63)33-37(2)52(45)57)23-17-39-14-13-15-40(54(39)72-41-19-21-43(22-20-41)77(64,65)66)18-24-48-56(5,28-32-71-7)46-36-44(78(67,68)69)34-38(3)53(46)58(48)30-12-10-11-16-51(62)73-59-49(60)25-26-50(59)61/h17-24,33-36H,8-16,25-32H2,1-7H3,(H2-,63,64,65,66,67,68,69)/p+1. The van der Waals surface area contributed by atoms with E-state index in [0.717, 1.165) is 87.8 Å². The number of anilines is 1. The van der Waals surface area contributed by atoms with Crippen molar-refractivity contribution in [3.63, 3.8) is 0 Å². The average Bonchev–Trinajstić information content (AvgIpc) is 3.98. The maximum atomic E-state index is 12.8. The number of allylic oxidation sites excluding steroid dienone is 7. The minimum Gasteiger partial charge on any atom is -0.457 e. The second-order valence-electron chi connectivity index (χ2n) is 20.4. The van der Waals surface area contributed by atoms with Gasteiger partial charge >= 0.3 is 5.97 Å². The van der Waals surface area contributed by atoms with Gasteiger partial charge in [-0.3, -0.25) is 18.7 Å². The van der Waals surface area contributed by atoms with Crippen molar-refractivity contribution in [1.82, 2.24) is 5.06 Å². The molecule has 1 aliphatic carbocycles. The fraction of sp³-hybridized carbons (Fsp3) is 0.464. The molecule has 2 amide bonds. The predicted octanol–water partition coefficient (Wildman–Crippen LogP) is 10.3. The lowest BCUT2D eigenvalue weighted by Gasteiger charge is -2.31. The zero-order valence-corrected chi connectivity index (χ0v) is 47.6. The average molecular weight is 1140 g/mol. The van der Waals surface area contributed by atoms with Crippen LogP contribution in [0.1, 0.15) is 126 Å². The van der Waals surface area contributed by atoms with Crippen molar-refractivity contribution in [1.29, 1.82) is 0 Å². The number of benzene rings is 3. The number of imide groups is 1. The van der Waals surface area contributed by atoms with E-state index in [1.807, 2.05) is 32.1 Å². The first-order chi connectivity index (χ1) is 37.1. The molecule has 1 saturated heterocycles. The SMILES string of the molecule is CCCC[N+]1=C(/C=C/C2=C(Oc3ccc(S(=O)(=O)O)cc3)C(=C/C=C3/N(CCCCCC(=O)ON4C(=O)CCC4=O)c4c(C)cc(S(=O)(=O)O)cc4C3(C)CCOC)/CCC2)C(C)(CCOC)c2cc(SOOO)cc(C)c21. The van der Waals surface area contributed by atoms with Crippen molar-refractivity contribution in [2.45, 2.75) is 144 Å². The number of carbonyl (C=O) groups is 3. The van der Waals surface area contributed by atoms with Gasteiger partial charge in [-0.2, -0.15) is 21.4 Å². The normalized spacial score (nSPS) is 20.8. The summed E-state index contributed by atoms with van der Waals surface area (Å²) >= 11 is 0.903. The van der Waals surface area contributed by atoms with Crippen LogP contribution in [0.15, 0.2) is 110 Å². The molecule has 7 rings (SSSR count). The van der Waals surface area contributed by atoms with E-state index in [2.05, 4.69) is 46.6 Å². The van der Waals surface area contributed by atoms with E-state index < -0.39 is 48.8 Å². The maximum Gasteiger partial charge on any atom is 0.333 e. The second-order valence-corrected chi connectivity index (χ2v) is 24.0. The number of hydrogen-bond acceptors (Lipinski definition) is 16. The summed E-state index contributed by atoms with van der Waals surface area (Å²) in [5, 5.41) is 13.5. The summed E-state index contributed by atoms with van der Waals surface area (Å²) in [7, 11) is -5.86. The van der Waals surface area contributed by atoms with Gasteiger partial charge in [-0.15, -0.1) is 9.40 Å². The van der Waals surface area contributed by atoms with Crippen LogP contribution in [0.5, 0.6) is 5.75 Å². The Morgan fingerprint density at radius 2 is 1.47 bits per heavy atom. The van der Waals surface area contributed by atoms with Gasteiger partial charge in [0.05, 0.1) is 27.2 Å². The van der Waals surface area contributed by atoms with Gasteiger partial charge in [-0.25, -0.2) is 10.1 Å². The van der Waals surface area contributed by atoms with Crippen LogP contribution < -0.4 is 9.64 Å². The Morgan fingerprint density at radius 3 is 2.12 bits per heavy atom. The summed E-state index contributed by atoms with van der Waals surface area (Å²) < 4.78 is 95.3. The zero-order valence-electron chi connectivity index (χ0n) is 45.2. The molecule has 3 aromatic carbocycles. The topological polar surface area (TPSA) is 245 Å². The lowest BCUT2D eigenvalue weighted by molar-refractivity contribution is -0.438. The van der Waals surface area contributed by atoms with Crippen LogP contribution in [0.3, 0.4) is 0 Å². The largest absolute Gasteiger partial charge is 0.457 e. The number of carbonyl (C=O) groups excluding carboxylic acids is 3. The Kier molecular flexibility index (Phi) is 19.8. The Balaban J connectivity index is 1.34. The molecule has 422 valence electrons. The molecule has 2 atom stereocenters. The van der Waals surface area contributed by atoms with Crippen LogP contribution >= 0.6 is 12.0 Å². The highest BCUT2D eigenvalue weighted by Crippen LogP contribution is 2.53. The fourth-order valence-corrected chi connectivity index (χ4v) is 12.5. The smallest absolute Gasteiger partial charge is 0.333 e. The Morgan fingerprint density at radius 1 is 0.795 bits per heavy atom. The van der Waals surface area contributed by atoms with Gasteiger partial charge in [0.1, 0.15) is 18.1 Å². The van der Waals surface area contributed by atoms with E-state index in [0.29, 0.717) is 92.4 Å². The van der Waals surface area contributed by atoms with Crippen molar-refractivity contribution in [2.24, 2.45) is 0 Å². The first-order valence-electron chi connectivity index (χ1n) is 26.1. The third kappa shape index (κ3) is 13.4. The summed E-state index contributed by atoms with van der Waals surface area (Å²) in [5.41, 5.74) is 7.30. The first kappa shape index (κ1) is 60.1. The van der Waals surface area contributed by atoms with Crippen LogP contribution in [-0.2, 0) is 69.1 Å². The molecule has 3 aromatic rings. The summed E-state index contributed by atoms with van der Waals surface area (Å²) in [4.78, 5) is 44.2. The summed E-state index contributed by atoms with van der Waals surface area (Å²) in [6.07, 6.45) is 14.5. The predicted molar refractivity (Wildman–Crippen MR) is 291 cm³/mol. The number of amides is 2. The highest BCUT2D eigenvalue weighted by atomic mass is 32.2. The molecule has 78 heavy (non-hydrogen) atoms. The van der Waals surface area contributed by atoms with E-state index in [1.165, 1.54) is 36.4 Å². The quantitative estimate of drug-likeness (QED) is 0.0129. The summed E-state index contributed by atoms with van der Waals surface area (Å²) in [6, 6.07) is 12.5. The second kappa shape index (κ2) is 25.7. The van der Waals surface area contributed by atoms with Gasteiger partial charge in [0.15, 0.2) is 5.71 Å². The molecule has 1 fully saturated rings. The van der Waals surface area contributed by atoms with Crippen molar-refractivity contribution in [3.8, 4) is 5.75 Å². The zero-order chi connectivity index (χ0) is 56.6. The van der Waals surface area contributed by atoms with E-state index in [-0.39, 0.29) is 29.1 Å². The highest BCUT2D eigenvalue weighted by Gasteiger charge is 2.49. The molecular formula is C56H70N3O16S3+. The summed E-state index contributed by atoms with van der Waals surface area (Å²) in [6.45, 7) is 12.1. The number of ether oxygens (including phenoxy) is 3. The molecule has 22 heteroatoms. The number of nitrogens with zero attached hydrogens (tertiary/aromatic N) is 3. The minimum absolute atomic E-state index is 0.00845. The molecule has 19 nitrogen and oxygen atoms in total. The molecule has 3 heterocycles. The van der Waals surface area contributed by atoms with Crippen LogP contribution in [0.25, 0.3) is 0 Å². The number of unbranched alkanes of at least 4 members (excludes halogenated alkanes) is 3. The van der Waals surface area contributed by atoms with Gasteiger partial charge in [0, 0.05) is 98.6 Å². The molecule has 0 bridgehead atoms. The van der Waals surface area contributed by atoms with E-state index >= 15 is 0 Å². The van der Waals surface area contributed by atoms with Gasteiger partial charge < -0.3 is 23.9 Å². The lowest BCUT2D eigenvalue weighted by atomic mass is 9.76. The van der Waals surface area contributed by atoms with Gasteiger partial charge in [-0.1, -0.05) is 30.9 Å². The van der Waals surface area contributed by atoms with E-state index in [4.69, 9.17) is 28.6 Å². The van der Waals surface area contributed by atoms with Crippen LogP contribution in [-0.4, -0.2) is 105 Å². The number of hydroxylamine groups is 2. The molecule has 4 aliphatic rings. The molecule has 0 radical (unpaired) electrons. The first-order valence-corrected chi connectivity index (χ1v) is 29.7. The Bertz CT molecular complexity index is 3150. The Hall–Kier alpha value is -5.53. The van der Waals surface area contributed by atoms with Crippen LogP contribution in [0.4, 0.5) is 11.4 Å². The van der Waals surface area contributed by atoms with Crippen LogP contribution in [0.2, 0.25) is 0 Å². The number of methoxy groups -OCH3 is 2. The minimum atomic E-state index is -4.62. The van der Waals surface area contributed by atoms with Crippen LogP contribution in [0, 0.1) is 13.8 Å². The Labute approximate surface area is 461 Å². The molecule has 3 N–H and O–H groups in total. The molecule has 0 saturated carbocycles. The number of fused-ring (bicyclic) bond motifs is 2. The molecular weight excluding hydrogens is 1070 g/mol. The number of aryl methyl sites for hydroxylation is 2. The molecule has 0 spiro atoms. The number of rotatable bonds is 26. The lowest BCUT2D eigenvalue weighted by Crippen LogP contribution is -2.33. The van der Waals surface area contributed by atoms with Gasteiger partial charge in [0.25, 0.3) is 32.1 Å². The fourth-order valence-electron chi connectivity index (χ4n) is 10.9.